The number of carbonyl (C=O) groups excluding carboxylic acids is 2. The van der Waals surface area contributed by atoms with Crippen LogP contribution in [0.2, 0.25) is 5.02 Å². The largest absolute Gasteiger partial charge is 0.497 e. The van der Waals surface area contributed by atoms with Crippen molar-refractivity contribution in [3.8, 4) is 5.75 Å². The Balaban J connectivity index is 1.48. The third-order valence-electron chi connectivity index (χ3n) is 4.79. The first-order valence-electron chi connectivity index (χ1n) is 8.76. The number of methoxy groups -OCH3 is 1. The molecule has 3 aromatic rings. The van der Waals surface area contributed by atoms with Gasteiger partial charge in [-0.2, -0.15) is 0 Å². The zero-order chi connectivity index (χ0) is 19.8. The maximum absolute atomic E-state index is 12.7. The van der Waals surface area contributed by atoms with Gasteiger partial charge in [0.25, 0.3) is 0 Å². The summed E-state index contributed by atoms with van der Waals surface area (Å²) in [5.41, 5.74) is 2.45. The van der Waals surface area contributed by atoms with Crippen molar-refractivity contribution in [2.75, 3.05) is 23.9 Å². The van der Waals surface area contributed by atoms with E-state index in [1.54, 1.807) is 18.1 Å². The molecule has 4 rings (SSSR count). The number of nitrogens with one attached hydrogen (secondary N) is 1. The van der Waals surface area contributed by atoms with Gasteiger partial charge in [0, 0.05) is 23.7 Å². The molecule has 1 aliphatic heterocycles. The third-order valence-corrected chi connectivity index (χ3v) is 6.13. The van der Waals surface area contributed by atoms with E-state index in [4.69, 9.17) is 16.3 Å². The fourth-order valence-corrected chi connectivity index (χ4v) is 4.25. The van der Waals surface area contributed by atoms with E-state index in [0.29, 0.717) is 22.4 Å². The number of amides is 2. The first-order valence-corrected chi connectivity index (χ1v) is 9.96. The topological polar surface area (TPSA) is 71.5 Å². The lowest BCUT2D eigenvalue weighted by molar-refractivity contribution is -0.122. The first kappa shape index (κ1) is 18.7. The van der Waals surface area contributed by atoms with Crippen molar-refractivity contribution < 1.29 is 14.3 Å². The third kappa shape index (κ3) is 3.55. The molecular weight excluding hydrogens is 398 g/mol. The van der Waals surface area contributed by atoms with Gasteiger partial charge in [0.05, 0.1) is 23.2 Å². The number of thiazole rings is 1. The molecule has 1 aliphatic rings. The standard InChI is InChI=1S/C20H18ClN3O3S/c1-11-3-4-13(8-15(11)21)24-10-12(7-18(24)25)19(26)23-20-22-16-6-5-14(27-2)9-17(16)28-20/h3-6,8-9,12H,7,10H2,1-2H3,(H,22,23,26)/t12-/m1/s1. The molecule has 0 radical (unpaired) electrons. The van der Waals surface area contributed by atoms with Gasteiger partial charge in [-0.15, -0.1) is 0 Å². The first-order chi connectivity index (χ1) is 13.4. The van der Waals surface area contributed by atoms with Crippen LogP contribution in [0, 0.1) is 12.8 Å². The van der Waals surface area contributed by atoms with Crippen molar-refractivity contribution in [3.05, 3.63) is 47.0 Å². The highest BCUT2D eigenvalue weighted by Gasteiger charge is 2.35. The van der Waals surface area contributed by atoms with E-state index in [1.165, 1.54) is 11.3 Å². The summed E-state index contributed by atoms with van der Waals surface area (Å²) in [6.07, 6.45) is 0.163. The van der Waals surface area contributed by atoms with E-state index in [-0.39, 0.29) is 18.2 Å². The molecular formula is C20H18ClN3O3S. The molecule has 1 fully saturated rings. The predicted octanol–water partition coefficient (Wildman–Crippen LogP) is 4.26. The zero-order valence-corrected chi connectivity index (χ0v) is 16.9. The summed E-state index contributed by atoms with van der Waals surface area (Å²) < 4.78 is 6.14. The van der Waals surface area contributed by atoms with Crippen LogP contribution in [-0.4, -0.2) is 30.5 Å². The van der Waals surface area contributed by atoms with Crippen LogP contribution in [-0.2, 0) is 9.59 Å². The number of halogens is 1. The van der Waals surface area contributed by atoms with Gasteiger partial charge >= 0.3 is 0 Å². The molecule has 8 heteroatoms. The van der Waals surface area contributed by atoms with Crippen molar-refractivity contribution >= 4 is 55.8 Å². The van der Waals surface area contributed by atoms with Crippen molar-refractivity contribution in [2.24, 2.45) is 5.92 Å². The Morgan fingerprint density at radius 3 is 2.89 bits per heavy atom. The van der Waals surface area contributed by atoms with E-state index in [2.05, 4.69) is 10.3 Å². The lowest BCUT2D eigenvalue weighted by Gasteiger charge is -2.17. The van der Waals surface area contributed by atoms with Crippen LogP contribution in [0.4, 0.5) is 10.8 Å². The molecule has 1 saturated heterocycles. The minimum Gasteiger partial charge on any atom is -0.497 e. The van der Waals surface area contributed by atoms with Crippen molar-refractivity contribution in [3.63, 3.8) is 0 Å². The van der Waals surface area contributed by atoms with E-state index < -0.39 is 5.92 Å². The average Bonchev–Trinajstić information content (AvgIpc) is 3.26. The highest BCUT2D eigenvalue weighted by atomic mass is 35.5. The Hall–Kier alpha value is -2.64. The van der Waals surface area contributed by atoms with Crippen LogP contribution in [0.3, 0.4) is 0 Å². The number of anilines is 2. The molecule has 2 aromatic carbocycles. The summed E-state index contributed by atoms with van der Waals surface area (Å²) in [6, 6.07) is 11.0. The van der Waals surface area contributed by atoms with Gasteiger partial charge in [0.15, 0.2) is 5.13 Å². The summed E-state index contributed by atoms with van der Waals surface area (Å²) in [7, 11) is 1.61. The van der Waals surface area contributed by atoms with Crippen molar-refractivity contribution in [2.45, 2.75) is 13.3 Å². The van der Waals surface area contributed by atoms with Crippen LogP contribution in [0.25, 0.3) is 10.2 Å². The Kier molecular flexibility index (Phi) is 4.95. The number of rotatable bonds is 4. The summed E-state index contributed by atoms with van der Waals surface area (Å²) in [4.78, 5) is 31.2. The molecule has 1 aromatic heterocycles. The van der Waals surface area contributed by atoms with Crippen molar-refractivity contribution in [1.29, 1.82) is 0 Å². The van der Waals surface area contributed by atoms with Gasteiger partial charge in [-0.25, -0.2) is 4.98 Å². The summed E-state index contributed by atoms with van der Waals surface area (Å²) >= 11 is 7.55. The normalized spacial score (nSPS) is 16.6. The quantitative estimate of drug-likeness (QED) is 0.691. The minimum absolute atomic E-state index is 0.0888. The maximum atomic E-state index is 12.7. The number of aryl methyl sites for hydroxylation is 1. The highest BCUT2D eigenvalue weighted by Crippen LogP contribution is 2.32. The molecule has 6 nitrogen and oxygen atoms in total. The Labute approximate surface area is 171 Å². The van der Waals surface area contributed by atoms with E-state index in [9.17, 15) is 9.59 Å². The molecule has 2 heterocycles. The monoisotopic (exact) mass is 415 g/mol. The molecule has 144 valence electrons. The summed E-state index contributed by atoms with van der Waals surface area (Å²) in [5, 5.41) is 3.96. The van der Waals surface area contributed by atoms with Gasteiger partial charge in [-0.1, -0.05) is 29.0 Å². The summed E-state index contributed by atoms with van der Waals surface area (Å²) in [5.74, 6) is 0.00568. The fourth-order valence-electron chi connectivity index (χ4n) is 3.18. The van der Waals surface area contributed by atoms with Crippen LogP contribution in [0.1, 0.15) is 12.0 Å². The van der Waals surface area contributed by atoms with Gasteiger partial charge in [-0.3, -0.25) is 9.59 Å². The number of hydrogen-bond donors (Lipinski definition) is 1. The van der Waals surface area contributed by atoms with Crippen molar-refractivity contribution in [1.82, 2.24) is 4.98 Å². The molecule has 0 spiro atoms. The molecule has 0 bridgehead atoms. The number of carbonyl (C=O) groups is 2. The number of nitrogens with zero attached hydrogens (tertiary/aromatic N) is 2. The second kappa shape index (κ2) is 7.41. The van der Waals surface area contributed by atoms with Crippen LogP contribution < -0.4 is 15.0 Å². The van der Waals surface area contributed by atoms with Gasteiger partial charge in [0.2, 0.25) is 11.8 Å². The number of aromatic nitrogens is 1. The average molecular weight is 416 g/mol. The lowest BCUT2D eigenvalue weighted by Crippen LogP contribution is -2.28. The number of benzene rings is 2. The number of fused-ring (bicyclic) bond motifs is 1. The van der Waals surface area contributed by atoms with Gasteiger partial charge < -0.3 is 15.0 Å². The molecule has 1 N–H and O–H groups in total. The zero-order valence-electron chi connectivity index (χ0n) is 15.4. The number of ether oxygens (including phenoxy) is 1. The highest BCUT2D eigenvalue weighted by molar-refractivity contribution is 7.22. The minimum atomic E-state index is -0.436. The molecule has 0 unspecified atom stereocenters. The second-order valence-electron chi connectivity index (χ2n) is 6.68. The maximum Gasteiger partial charge on any atom is 0.231 e. The Bertz CT molecular complexity index is 1080. The fraction of sp³-hybridized carbons (Fsp3) is 0.250. The smallest absolute Gasteiger partial charge is 0.231 e. The second-order valence-corrected chi connectivity index (χ2v) is 8.12. The Morgan fingerprint density at radius 1 is 1.32 bits per heavy atom. The predicted molar refractivity (Wildman–Crippen MR) is 111 cm³/mol. The molecule has 28 heavy (non-hydrogen) atoms. The molecule has 2 amide bonds. The van der Waals surface area contributed by atoms with E-state index >= 15 is 0 Å². The van der Waals surface area contributed by atoms with Crippen LogP contribution in [0.5, 0.6) is 5.75 Å². The van der Waals surface area contributed by atoms with E-state index in [0.717, 1.165) is 21.5 Å². The number of hydrogen-bond acceptors (Lipinski definition) is 5. The van der Waals surface area contributed by atoms with E-state index in [1.807, 2.05) is 37.3 Å². The lowest BCUT2D eigenvalue weighted by atomic mass is 10.1. The Morgan fingerprint density at radius 2 is 2.14 bits per heavy atom. The molecule has 0 saturated carbocycles. The SMILES string of the molecule is COc1ccc2nc(NC(=O)[C@@H]3CC(=O)N(c4ccc(C)c(Cl)c4)C3)sc2c1. The van der Waals surface area contributed by atoms with Gasteiger partial charge in [0.1, 0.15) is 5.75 Å². The summed E-state index contributed by atoms with van der Waals surface area (Å²) in [6.45, 7) is 2.23. The van der Waals surface area contributed by atoms with Crippen LogP contribution >= 0.6 is 22.9 Å². The molecule has 1 atom stereocenters. The molecule has 0 aliphatic carbocycles. The van der Waals surface area contributed by atoms with Crippen LogP contribution in [0.15, 0.2) is 36.4 Å². The van der Waals surface area contributed by atoms with Gasteiger partial charge in [-0.05, 0) is 42.8 Å².